The van der Waals surface area contributed by atoms with Crippen molar-refractivity contribution in [2.75, 3.05) is 0 Å². The third kappa shape index (κ3) is 2.73. The molecule has 1 rings (SSSR count). The van der Waals surface area contributed by atoms with Gasteiger partial charge in [0.15, 0.2) is 0 Å². The van der Waals surface area contributed by atoms with Crippen molar-refractivity contribution in [3.8, 4) is 0 Å². The molecule has 0 aliphatic heterocycles. The van der Waals surface area contributed by atoms with Crippen LogP contribution in [0.3, 0.4) is 0 Å². The van der Waals surface area contributed by atoms with Gasteiger partial charge in [-0.3, -0.25) is 0 Å². The lowest BCUT2D eigenvalue weighted by Gasteiger charge is -2.03. The van der Waals surface area contributed by atoms with Crippen LogP contribution in [-0.2, 0) is 16.0 Å². The largest absolute Gasteiger partial charge is 0.306 e. The van der Waals surface area contributed by atoms with E-state index in [-0.39, 0.29) is 0 Å². The Balaban J connectivity index is 3.22. The van der Waals surface area contributed by atoms with Gasteiger partial charge in [-0.15, -0.1) is 3.89 Å². The molecule has 2 nitrogen and oxygen atoms in total. The number of hydrogen-bond acceptors (Lipinski definition) is 2. The first-order valence-corrected chi connectivity index (χ1v) is 5.22. The van der Waals surface area contributed by atoms with E-state index in [9.17, 15) is 21.1 Å². The average molecular weight is 224 g/mol. The lowest BCUT2D eigenvalue weighted by molar-refractivity contribution is 0.534. The Morgan fingerprint density at radius 3 is 2.00 bits per heavy atom. The van der Waals surface area contributed by atoms with Crippen molar-refractivity contribution >= 4 is 10.2 Å². The van der Waals surface area contributed by atoms with Crippen LogP contribution in [0.5, 0.6) is 0 Å². The second-order valence-electron chi connectivity index (χ2n) is 2.89. The van der Waals surface area contributed by atoms with Crippen LogP contribution in [-0.4, -0.2) is 8.42 Å². The first kappa shape index (κ1) is 11.0. The predicted octanol–water partition coefficient (Wildman–Crippen LogP) is 2.07. The van der Waals surface area contributed by atoms with Crippen LogP contribution in [0.2, 0.25) is 0 Å². The summed E-state index contributed by atoms with van der Waals surface area (Å²) < 4.78 is 58.5. The molecule has 0 saturated heterocycles. The van der Waals surface area contributed by atoms with E-state index >= 15 is 0 Å². The van der Waals surface area contributed by atoms with Crippen molar-refractivity contribution in [1.29, 1.82) is 0 Å². The standard InChI is InChI=1S/C8H7F3O2S/c1-5-2-7(9)6(8(10)3-5)4-14(11,12)13/h2-3H,4H2,1H3. The normalized spacial score (nSPS) is 11.7. The molecule has 0 atom stereocenters. The molecule has 0 aliphatic carbocycles. The highest BCUT2D eigenvalue weighted by Gasteiger charge is 2.17. The molecule has 0 bridgehead atoms. The minimum absolute atomic E-state index is 0.306. The molecule has 0 aromatic heterocycles. The van der Waals surface area contributed by atoms with Crippen LogP contribution in [0.25, 0.3) is 0 Å². The summed E-state index contributed by atoms with van der Waals surface area (Å²) in [7, 11) is -4.92. The number of benzene rings is 1. The van der Waals surface area contributed by atoms with Gasteiger partial charge in [0.25, 0.3) is 0 Å². The van der Waals surface area contributed by atoms with Crippen LogP contribution in [0.15, 0.2) is 12.1 Å². The predicted molar refractivity (Wildman–Crippen MR) is 44.8 cm³/mol. The van der Waals surface area contributed by atoms with Gasteiger partial charge in [-0.25, -0.2) is 8.78 Å². The molecular weight excluding hydrogens is 217 g/mol. The fourth-order valence-electron chi connectivity index (χ4n) is 1.04. The number of hydrogen-bond donors (Lipinski definition) is 0. The van der Waals surface area contributed by atoms with Crippen LogP contribution in [0.4, 0.5) is 12.7 Å². The summed E-state index contributed by atoms with van der Waals surface area (Å²) in [6.45, 7) is 1.44. The highest BCUT2D eigenvalue weighted by Crippen LogP contribution is 2.18. The Morgan fingerprint density at radius 2 is 1.64 bits per heavy atom. The summed E-state index contributed by atoms with van der Waals surface area (Å²) in [5.74, 6) is -3.38. The SMILES string of the molecule is Cc1cc(F)c(CS(=O)(=O)F)c(F)c1. The average Bonchev–Trinajstić information content (AvgIpc) is 1.95. The van der Waals surface area contributed by atoms with Crippen LogP contribution in [0, 0.1) is 18.6 Å². The highest BCUT2D eigenvalue weighted by atomic mass is 32.3. The number of rotatable bonds is 2. The Hall–Kier alpha value is -1.04. The summed E-state index contributed by atoms with van der Waals surface area (Å²) in [6.07, 6.45) is 0. The molecule has 0 N–H and O–H groups in total. The van der Waals surface area contributed by atoms with Gasteiger partial charge in [-0.2, -0.15) is 8.42 Å². The van der Waals surface area contributed by atoms with E-state index in [1.807, 2.05) is 0 Å². The molecular formula is C8H7F3O2S. The van der Waals surface area contributed by atoms with E-state index in [2.05, 4.69) is 0 Å². The molecule has 0 amide bonds. The Morgan fingerprint density at radius 1 is 1.21 bits per heavy atom. The summed E-state index contributed by atoms with van der Waals surface area (Å²) >= 11 is 0. The topological polar surface area (TPSA) is 34.1 Å². The summed E-state index contributed by atoms with van der Waals surface area (Å²) in [5, 5.41) is 0. The van der Waals surface area contributed by atoms with E-state index < -0.39 is 33.2 Å². The minimum Gasteiger partial charge on any atom is -0.207 e. The Bertz CT molecular complexity index is 431. The van der Waals surface area contributed by atoms with Crippen molar-refractivity contribution in [1.82, 2.24) is 0 Å². The maximum Gasteiger partial charge on any atom is 0.306 e. The maximum atomic E-state index is 13.0. The molecule has 0 unspecified atom stereocenters. The van der Waals surface area contributed by atoms with E-state index in [0.29, 0.717) is 5.56 Å². The molecule has 6 heteroatoms. The molecule has 1 aromatic rings. The van der Waals surface area contributed by atoms with Crippen molar-refractivity contribution in [3.63, 3.8) is 0 Å². The zero-order chi connectivity index (χ0) is 10.9. The quantitative estimate of drug-likeness (QED) is 0.721. The molecule has 0 fully saturated rings. The molecule has 0 spiro atoms. The van der Waals surface area contributed by atoms with Gasteiger partial charge in [0, 0.05) is 5.56 Å². The molecule has 0 aliphatic rings. The minimum atomic E-state index is -4.92. The van der Waals surface area contributed by atoms with E-state index in [0.717, 1.165) is 12.1 Å². The van der Waals surface area contributed by atoms with Crippen LogP contribution in [0.1, 0.15) is 11.1 Å². The summed E-state index contributed by atoms with van der Waals surface area (Å²) in [6, 6.07) is 1.90. The lowest BCUT2D eigenvalue weighted by Crippen LogP contribution is -2.03. The van der Waals surface area contributed by atoms with Gasteiger partial charge in [0.2, 0.25) is 0 Å². The zero-order valence-corrected chi connectivity index (χ0v) is 8.04. The van der Waals surface area contributed by atoms with Gasteiger partial charge in [0.05, 0.1) is 0 Å². The van der Waals surface area contributed by atoms with Gasteiger partial charge >= 0.3 is 10.2 Å². The van der Waals surface area contributed by atoms with E-state index in [1.165, 1.54) is 6.92 Å². The summed E-state index contributed by atoms with van der Waals surface area (Å²) in [5.41, 5.74) is -0.460. The molecule has 0 saturated carbocycles. The first-order valence-electron chi connectivity index (χ1n) is 3.66. The van der Waals surface area contributed by atoms with Crippen molar-refractivity contribution < 1.29 is 21.1 Å². The smallest absolute Gasteiger partial charge is 0.207 e. The van der Waals surface area contributed by atoms with Gasteiger partial charge in [0.1, 0.15) is 17.4 Å². The lowest BCUT2D eigenvalue weighted by atomic mass is 10.1. The Kier molecular flexibility index (Phi) is 2.84. The number of aryl methyl sites for hydroxylation is 1. The highest BCUT2D eigenvalue weighted by molar-refractivity contribution is 7.85. The first-order chi connectivity index (χ1) is 6.29. The Labute approximate surface area is 79.6 Å². The summed E-state index contributed by atoms with van der Waals surface area (Å²) in [4.78, 5) is 0. The fraction of sp³-hybridized carbons (Fsp3) is 0.250. The molecule has 78 valence electrons. The monoisotopic (exact) mass is 224 g/mol. The van der Waals surface area contributed by atoms with Crippen LogP contribution < -0.4 is 0 Å². The van der Waals surface area contributed by atoms with Crippen LogP contribution >= 0.6 is 0 Å². The van der Waals surface area contributed by atoms with Crippen molar-refractivity contribution in [2.45, 2.75) is 12.7 Å². The maximum absolute atomic E-state index is 13.0. The van der Waals surface area contributed by atoms with Gasteiger partial charge in [-0.1, -0.05) is 0 Å². The van der Waals surface area contributed by atoms with Crippen molar-refractivity contribution in [2.24, 2.45) is 0 Å². The molecule has 0 heterocycles. The fourth-order valence-corrected chi connectivity index (χ4v) is 1.66. The van der Waals surface area contributed by atoms with E-state index in [1.54, 1.807) is 0 Å². The zero-order valence-electron chi connectivity index (χ0n) is 7.22. The second-order valence-corrected chi connectivity index (χ2v) is 4.26. The molecule has 0 radical (unpaired) electrons. The molecule has 14 heavy (non-hydrogen) atoms. The third-order valence-corrected chi connectivity index (χ3v) is 2.24. The van der Waals surface area contributed by atoms with Crippen molar-refractivity contribution in [3.05, 3.63) is 34.9 Å². The van der Waals surface area contributed by atoms with Gasteiger partial charge < -0.3 is 0 Å². The van der Waals surface area contributed by atoms with E-state index in [4.69, 9.17) is 0 Å². The van der Waals surface area contributed by atoms with Gasteiger partial charge in [-0.05, 0) is 24.6 Å². The second kappa shape index (κ2) is 3.61. The molecule has 1 aromatic carbocycles. The third-order valence-electron chi connectivity index (χ3n) is 1.60. The number of halogens is 3.